The predicted molar refractivity (Wildman–Crippen MR) is 209 cm³/mol. The van der Waals surface area contributed by atoms with Gasteiger partial charge in [0, 0.05) is 69.7 Å². The number of anilines is 4. The van der Waals surface area contributed by atoms with Gasteiger partial charge < -0.3 is 34.6 Å². The van der Waals surface area contributed by atoms with E-state index in [1.807, 2.05) is 38.1 Å². The highest BCUT2D eigenvalue weighted by Crippen LogP contribution is 2.36. The van der Waals surface area contributed by atoms with Crippen molar-refractivity contribution in [1.29, 1.82) is 0 Å². The minimum atomic E-state index is -0.724. The largest absolute Gasteiger partial charge is 0.495 e. The molecule has 1 aliphatic rings. The number of amides is 2. The van der Waals surface area contributed by atoms with Gasteiger partial charge in [0.2, 0.25) is 11.9 Å². The molecule has 0 radical (unpaired) electrons. The number of hydrogen-bond donors (Lipinski definition) is 2. The molecule has 0 unspecified atom stereocenters. The maximum atomic E-state index is 15.1. The molecule has 2 amide bonds. The molecule has 13 heteroatoms. The third-order valence-corrected chi connectivity index (χ3v) is 9.29. The van der Waals surface area contributed by atoms with Crippen LogP contribution >= 0.6 is 0 Å². The van der Waals surface area contributed by atoms with Crippen LogP contribution in [0.2, 0.25) is 0 Å². The molecule has 3 aromatic carbocycles. The van der Waals surface area contributed by atoms with Crippen molar-refractivity contribution in [2.45, 2.75) is 52.9 Å². The van der Waals surface area contributed by atoms with Crippen molar-refractivity contribution >= 4 is 35.1 Å². The Balaban J connectivity index is 1.33. The highest BCUT2D eigenvalue weighted by Gasteiger charge is 2.27. The number of unbranched alkanes of at least 4 members (excludes halogenated alkanes) is 1. The molecule has 54 heavy (non-hydrogen) atoms. The number of halogens is 1. The standard InChI is InChI=1S/C41H52FN7O5/c1-6-7-19-43-38(50)17-13-31-12-15-34(36(27-31)52-5)49(41(51)54-39-29(2)10-8-11-30(39)3)37-18-20-44-40(46-37)45-32-14-16-35(33(42)28-32)53-26-9-21-48-24-22-47(4)23-25-48/h8,10-12,14-16,18,20,27-28H,6-7,9,13,17,19,21-26H2,1-5H3,(H,43,50)(H,44,45,46). The summed E-state index contributed by atoms with van der Waals surface area (Å²) in [6, 6.07) is 17.2. The van der Waals surface area contributed by atoms with Crippen LogP contribution in [0, 0.1) is 19.7 Å². The third-order valence-electron chi connectivity index (χ3n) is 9.29. The number of methoxy groups -OCH3 is 1. The maximum Gasteiger partial charge on any atom is 0.425 e. The number of para-hydroxylation sites is 1. The molecule has 4 aromatic rings. The number of aryl methyl sites for hydroxylation is 3. The number of piperazine rings is 1. The van der Waals surface area contributed by atoms with Gasteiger partial charge in [-0.3, -0.25) is 4.79 Å². The molecule has 1 saturated heterocycles. The topological polar surface area (TPSA) is 121 Å². The molecule has 288 valence electrons. The van der Waals surface area contributed by atoms with Crippen LogP contribution in [0.3, 0.4) is 0 Å². The van der Waals surface area contributed by atoms with Crippen LogP contribution in [0.25, 0.3) is 0 Å². The Morgan fingerprint density at radius 3 is 2.46 bits per heavy atom. The summed E-state index contributed by atoms with van der Waals surface area (Å²) >= 11 is 0. The Morgan fingerprint density at radius 1 is 0.963 bits per heavy atom. The van der Waals surface area contributed by atoms with E-state index in [4.69, 9.17) is 14.2 Å². The van der Waals surface area contributed by atoms with E-state index >= 15 is 4.39 Å². The summed E-state index contributed by atoms with van der Waals surface area (Å²) in [4.78, 5) is 41.5. The molecular weight excluding hydrogens is 689 g/mol. The van der Waals surface area contributed by atoms with Gasteiger partial charge in [0.1, 0.15) is 17.3 Å². The van der Waals surface area contributed by atoms with Crippen molar-refractivity contribution < 1.29 is 28.2 Å². The highest BCUT2D eigenvalue weighted by molar-refractivity contribution is 5.98. The number of nitrogens with one attached hydrogen (secondary N) is 2. The number of nitrogens with zero attached hydrogens (tertiary/aromatic N) is 5. The van der Waals surface area contributed by atoms with Crippen LogP contribution in [0.4, 0.5) is 32.3 Å². The summed E-state index contributed by atoms with van der Waals surface area (Å²) in [5.41, 5.74) is 3.21. The lowest BCUT2D eigenvalue weighted by Crippen LogP contribution is -2.44. The Kier molecular flexibility index (Phi) is 14.6. The Hall–Kier alpha value is -5.27. The normalized spacial score (nSPS) is 13.3. The molecule has 0 saturated carbocycles. The molecule has 0 atom stereocenters. The van der Waals surface area contributed by atoms with Crippen molar-refractivity contribution in [2.75, 3.05) is 70.2 Å². The van der Waals surface area contributed by atoms with Crippen LogP contribution in [0.15, 0.2) is 66.9 Å². The van der Waals surface area contributed by atoms with Crippen LogP contribution < -0.4 is 29.7 Å². The van der Waals surface area contributed by atoms with E-state index in [9.17, 15) is 9.59 Å². The zero-order valence-corrected chi connectivity index (χ0v) is 32.0. The first kappa shape index (κ1) is 39.9. The lowest BCUT2D eigenvalue weighted by Gasteiger charge is -2.32. The smallest absolute Gasteiger partial charge is 0.425 e. The van der Waals surface area contributed by atoms with E-state index in [2.05, 4.69) is 44.4 Å². The van der Waals surface area contributed by atoms with Crippen LogP contribution in [0.1, 0.15) is 49.3 Å². The molecule has 2 heterocycles. The summed E-state index contributed by atoms with van der Waals surface area (Å²) in [7, 11) is 3.64. The second-order valence-electron chi connectivity index (χ2n) is 13.5. The number of hydrogen-bond acceptors (Lipinski definition) is 10. The average molecular weight is 742 g/mol. The van der Waals surface area contributed by atoms with E-state index < -0.39 is 11.9 Å². The fourth-order valence-electron chi connectivity index (χ4n) is 6.12. The van der Waals surface area contributed by atoms with Gasteiger partial charge in [-0.25, -0.2) is 19.1 Å². The molecule has 1 aromatic heterocycles. The van der Waals surface area contributed by atoms with Crippen LogP contribution in [-0.4, -0.2) is 91.8 Å². The second kappa shape index (κ2) is 19.7. The van der Waals surface area contributed by atoms with Crippen molar-refractivity contribution in [3.8, 4) is 17.2 Å². The molecule has 0 bridgehead atoms. The number of carbonyl (C=O) groups is 2. The Bertz CT molecular complexity index is 1850. The second-order valence-corrected chi connectivity index (χ2v) is 13.5. The maximum absolute atomic E-state index is 15.1. The van der Waals surface area contributed by atoms with E-state index in [0.717, 1.165) is 68.7 Å². The number of likely N-dealkylation sites (N-methyl/N-ethyl adjacent to an activating group) is 1. The number of ether oxygens (including phenoxy) is 3. The van der Waals surface area contributed by atoms with Gasteiger partial charge in [-0.2, -0.15) is 4.98 Å². The van der Waals surface area contributed by atoms with Crippen LogP contribution in [-0.2, 0) is 11.2 Å². The average Bonchev–Trinajstić information content (AvgIpc) is 3.16. The fourth-order valence-corrected chi connectivity index (χ4v) is 6.12. The summed E-state index contributed by atoms with van der Waals surface area (Å²) < 4.78 is 32.7. The van der Waals surface area contributed by atoms with Crippen molar-refractivity contribution in [3.63, 3.8) is 0 Å². The van der Waals surface area contributed by atoms with Gasteiger partial charge in [0.25, 0.3) is 0 Å². The van der Waals surface area contributed by atoms with E-state index in [-0.39, 0.29) is 23.4 Å². The fraction of sp³-hybridized carbons (Fsp3) is 0.415. The molecule has 1 aliphatic heterocycles. The first-order valence-corrected chi connectivity index (χ1v) is 18.6. The minimum absolute atomic E-state index is 0.0231. The van der Waals surface area contributed by atoms with Crippen molar-refractivity contribution in [1.82, 2.24) is 25.1 Å². The number of rotatable bonds is 17. The summed E-state index contributed by atoms with van der Waals surface area (Å²) in [5, 5.41) is 5.99. The zero-order chi connectivity index (χ0) is 38.5. The lowest BCUT2D eigenvalue weighted by atomic mass is 10.1. The van der Waals surface area contributed by atoms with Crippen LogP contribution in [0.5, 0.6) is 17.2 Å². The third kappa shape index (κ3) is 11.1. The van der Waals surface area contributed by atoms with Crippen molar-refractivity contribution in [3.05, 3.63) is 89.4 Å². The number of aromatic nitrogens is 2. The molecule has 0 aliphatic carbocycles. The van der Waals surface area contributed by atoms with E-state index in [0.29, 0.717) is 48.9 Å². The van der Waals surface area contributed by atoms with E-state index in [1.54, 1.807) is 30.3 Å². The molecule has 1 fully saturated rings. The predicted octanol–water partition coefficient (Wildman–Crippen LogP) is 7.19. The molecule has 2 N–H and O–H groups in total. The van der Waals surface area contributed by atoms with Gasteiger partial charge in [-0.1, -0.05) is 37.6 Å². The van der Waals surface area contributed by atoms with Gasteiger partial charge >= 0.3 is 6.09 Å². The van der Waals surface area contributed by atoms with E-state index in [1.165, 1.54) is 24.3 Å². The lowest BCUT2D eigenvalue weighted by molar-refractivity contribution is -0.121. The van der Waals surface area contributed by atoms with Gasteiger partial charge in [-0.05, 0) is 81.1 Å². The van der Waals surface area contributed by atoms with Gasteiger partial charge in [-0.15, -0.1) is 0 Å². The Morgan fingerprint density at radius 2 is 1.74 bits per heavy atom. The quantitative estimate of drug-likeness (QED) is 0.108. The highest BCUT2D eigenvalue weighted by atomic mass is 19.1. The molecule has 5 rings (SSSR count). The summed E-state index contributed by atoms with van der Waals surface area (Å²) in [5.74, 6) is 0.756. The Labute approximate surface area is 317 Å². The first-order chi connectivity index (χ1) is 26.1. The SMILES string of the molecule is CCCCNC(=O)CCc1ccc(N(C(=O)Oc2c(C)cccc2C)c2ccnc(Nc3ccc(OCCCN4CCN(C)CC4)c(F)c3)n2)c(OC)c1. The number of benzene rings is 3. The summed E-state index contributed by atoms with van der Waals surface area (Å²) in [6.45, 7) is 11.9. The first-order valence-electron chi connectivity index (χ1n) is 18.6. The molecule has 0 spiro atoms. The van der Waals surface area contributed by atoms with Gasteiger partial charge in [0.15, 0.2) is 11.6 Å². The number of carbonyl (C=O) groups excluding carboxylic acids is 2. The summed E-state index contributed by atoms with van der Waals surface area (Å²) in [6.07, 6.45) is 4.31. The van der Waals surface area contributed by atoms with Gasteiger partial charge in [0.05, 0.1) is 19.4 Å². The minimum Gasteiger partial charge on any atom is -0.495 e. The zero-order valence-electron chi connectivity index (χ0n) is 32.0. The molecule has 12 nitrogen and oxygen atoms in total. The molecular formula is C41H52FN7O5. The van der Waals surface area contributed by atoms with Crippen molar-refractivity contribution in [2.24, 2.45) is 0 Å². The monoisotopic (exact) mass is 741 g/mol.